The summed E-state index contributed by atoms with van der Waals surface area (Å²) in [6, 6.07) is 5.42. The SMILES string of the molecule is COc1ccc(C(C#N)OC(C)C(C)O)c(OC)c1OC. The van der Waals surface area contributed by atoms with Crippen molar-refractivity contribution in [3.8, 4) is 23.3 Å². The van der Waals surface area contributed by atoms with Crippen LogP contribution in [-0.4, -0.2) is 38.6 Å². The topological polar surface area (TPSA) is 80.9 Å². The smallest absolute Gasteiger partial charge is 0.203 e. The molecule has 21 heavy (non-hydrogen) atoms. The predicted molar refractivity (Wildman–Crippen MR) is 76.7 cm³/mol. The number of hydrogen-bond acceptors (Lipinski definition) is 6. The first-order valence-corrected chi connectivity index (χ1v) is 6.52. The Hall–Kier alpha value is -1.97. The van der Waals surface area contributed by atoms with Gasteiger partial charge >= 0.3 is 0 Å². The van der Waals surface area contributed by atoms with Gasteiger partial charge in [-0.15, -0.1) is 0 Å². The molecule has 1 N–H and O–H groups in total. The Labute approximate surface area is 124 Å². The Balaban J connectivity index is 3.24. The van der Waals surface area contributed by atoms with Crippen molar-refractivity contribution >= 4 is 0 Å². The molecule has 0 saturated carbocycles. The van der Waals surface area contributed by atoms with Gasteiger partial charge in [-0.2, -0.15) is 5.26 Å². The molecule has 1 aromatic carbocycles. The van der Waals surface area contributed by atoms with Crippen LogP contribution in [0.25, 0.3) is 0 Å². The lowest BCUT2D eigenvalue weighted by Crippen LogP contribution is -2.24. The van der Waals surface area contributed by atoms with Crippen molar-refractivity contribution in [2.45, 2.75) is 32.2 Å². The lowest BCUT2D eigenvalue weighted by atomic mass is 10.1. The van der Waals surface area contributed by atoms with E-state index in [2.05, 4.69) is 6.07 Å². The van der Waals surface area contributed by atoms with Crippen molar-refractivity contribution in [3.63, 3.8) is 0 Å². The summed E-state index contributed by atoms with van der Waals surface area (Å²) in [6.45, 7) is 3.30. The highest BCUT2D eigenvalue weighted by Crippen LogP contribution is 2.42. The summed E-state index contributed by atoms with van der Waals surface area (Å²) >= 11 is 0. The highest BCUT2D eigenvalue weighted by molar-refractivity contribution is 5.57. The monoisotopic (exact) mass is 295 g/mol. The molecular weight excluding hydrogens is 274 g/mol. The van der Waals surface area contributed by atoms with E-state index in [1.807, 2.05) is 0 Å². The molecule has 6 nitrogen and oxygen atoms in total. The predicted octanol–water partition coefficient (Wildman–Crippen LogP) is 2.06. The summed E-state index contributed by atoms with van der Waals surface area (Å²) in [4.78, 5) is 0. The number of ether oxygens (including phenoxy) is 4. The molecule has 3 atom stereocenters. The summed E-state index contributed by atoms with van der Waals surface area (Å²) in [5.74, 6) is 1.27. The first-order chi connectivity index (χ1) is 9.99. The third kappa shape index (κ3) is 3.78. The molecule has 0 aliphatic carbocycles. The number of nitrogens with zero attached hydrogens (tertiary/aromatic N) is 1. The Kier molecular flexibility index (Phi) is 6.28. The fourth-order valence-electron chi connectivity index (χ4n) is 1.83. The molecule has 0 amide bonds. The van der Waals surface area contributed by atoms with Gasteiger partial charge in [-0.1, -0.05) is 0 Å². The number of aliphatic hydroxyl groups is 1. The molecule has 0 fully saturated rings. The Bertz CT molecular complexity index is 510. The van der Waals surface area contributed by atoms with E-state index in [9.17, 15) is 10.4 Å². The van der Waals surface area contributed by atoms with Crippen molar-refractivity contribution in [2.75, 3.05) is 21.3 Å². The molecule has 0 spiro atoms. The van der Waals surface area contributed by atoms with Gasteiger partial charge in [0.2, 0.25) is 5.75 Å². The van der Waals surface area contributed by atoms with Gasteiger partial charge in [0.1, 0.15) is 0 Å². The first kappa shape index (κ1) is 17.1. The summed E-state index contributed by atoms with van der Waals surface area (Å²) in [5.41, 5.74) is 0.519. The minimum atomic E-state index is -0.885. The molecule has 0 aliphatic heterocycles. The Morgan fingerprint density at radius 2 is 1.67 bits per heavy atom. The summed E-state index contributed by atoms with van der Waals surface area (Å²) < 4.78 is 21.4. The zero-order valence-corrected chi connectivity index (χ0v) is 12.9. The lowest BCUT2D eigenvalue weighted by Gasteiger charge is -2.22. The number of hydrogen-bond donors (Lipinski definition) is 1. The second-order valence-electron chi connectivity index (χ2n) is 4.51. The van der Waals surface area contributed by atoms with E-state index in [1.165, 1.54) is 21.3 Å². The van der Waals surface area contributed by atoms with Crippen LogP contribution in [0.1, 0.15) is 25.5 Å². The van der Waals surface area contributed by atoms with E-state index in [4.69, 9.17) is 18.9 Å². The molecule has 1 aromatic rings. The second-order valence-corrected chi connectivity index (χ2v) is 4.51. The fourth-order valence-corrected chi connectivity index (χ4v) is 1.83. The second kappa shape index (κ2) is 7.72. The maximum absolute atomic E-state index is 9.51. The van der Waals surface area contributed by atoms with E-state index in [-0.39, 0.29) is 0 Å². The summed E-state index contributed by atoms with van der Waals surface area (Å²) in [7, 11) is 4.49. The van der Waals surface area contributed by atoms with Crippen LogP contribution < -0.4 is 14.2 Å². The summed E-state index contributed by atoms with van der Waals surface area (Å²) in [6.07, 6.45) is -2.07. The molecule has 1 rings (SSSR count). The van der Waals surface area contributed by atoms with E-state index in [1.54, 1.807) is 26.0 Å². The maximum atomic E-state index is 9.51. The van der Waals surface area contributed by atoms with Crippen LogP contribution in [0.3, 0.4) is 0 Å². The highest BCUT2D eigenvalue weighted by atomic mass is 16.5. The zero-order chi connectivity index (χ0) is 16.0. The Morgan fingerprint density at radius 1 is 1.05 bits per heavy atom. The molecule has 3 unspecified atom stereocenters. The molecular formula is C15H21NO5. The molecule has 0 heterocycles. The highest BCUT2D eigenvalue weighted by Gasteiger charge is 2.25. The van der Waals surface area contributed by atoms with E-state index >= 15 is 0 Å². The number of rotatable bonds is 7. The van der Waals surface area contributed by atoms with Gasteiger partial charge < -0.3 is 24.1 Å². The average molecular weight is 295 g/mol. The van der Waals surface area contributed by atoms with Crippen molar-refractivity contribution < 1.29 is 24.1 Å². The minimum Gasteiger partial charge on any atom is -0.493 e. The van der Waals surface area contributed by atoms with Gasteiger partial charge in [-0.3, -0.25) is 0 Å². The summed E-state index contributed by atoms with van der Waals surface area (Å²) in [5, 5.41) is 18.8. The van der Waals surface area contributed by atoms with Gasteiger partial charge in [0.05, 0.1) is 39.6 Å². The first-order valence-electron chi connectivity index (χ1n) is 6.52. The third-order valence-electron chi connectivity index (χ3n) is 3.16. The van der Waals surface area contributed by atoms with Crippen LogP contribution in [0.2, 0.25) is 0 Å². The number of aliphatic hydroxyl groups excluding tert-OH is 1. The van der Waals surface area contributed by atoms with Crippen LogP contribution in [0.5, 0.6) is 17.2 Å². The molecule has 0 aliphatic rings. The minimum absolute atomic E-state index is 0.376. The van der Waals surface area contributed by atoms with Crippen LogP contribution in [0.4, 0.5) is 0 Å². The van der Waals surface area contributed by atoms with Crippen LogP contribution >= 0.6 is 0 Å². The van der Waals surface area contributed by atoms with Crippen LogP contribution in [-0.2, 0) is 4.74 Å². The molecule has 0 aromatic heterocycles. The van der Waals surface area contributed by atoms with Gasteiger partial charge in [0, 0.05) is 5.56 Å². The van der Waals surface area contributed by atoms with E-state index < -0.39 is 18.3 Å². The molecule has 0 saturated heterocycles. The standard InChI is InChI=1S/C15H21NO5/c1-9(17)10(2)21-13(8-16)11-6-7-12(18-3)15(20-5)14(11)19-4/h6-7,9-10,13,17H,1-5H3. The van der Waals surface area contributed by atoms with Gasteiger partial charge in [-0.05, 0) is 26.0 Å². The lowest BCUT2D eigenvalue weighted by molar-refractivity contribution is -0.0432. The molecule has 116 valence electrons. The Morgan fingerprint density at radius 3 is 2.10 bits per heavy atom. The average Bonchev–Trinajstić information content (AvgIpc) is 2.50. The number of nitriles is 1. The third-order valence-corrected chi connectivity index (χ3v) is 3.16. The quantitative estimate of drug-likeness (QED) is 0.829. The maximum Gasteiger partial charge on any atom is 0.203 e. The van der Waals surface area contributed by atoms with Crippen LogP contribution in [0, 0.1) is 11.3 Å². The largest absolute Gasteiger partial charge is 0.493 e. The van der Waals surface area contributed by atoms with Crippen molar-refractivity contribution in [2.24, 2.45) is 0 Å². The van der Waals surface area contributed by atoms with Crippen molar-refractivity contribution in [3.05, 3.63) is 17.7 Å². The normalized spacial score (nSPS) is 14.7. The van der Waals surface area contributed by atoms with Crippen molar-refractivity contribution in [1.82, 2.24) is 0 Å². The molecule has 0 radical (unpaired) electrons. The van der Waals surface area contributed by atoms with Crippen LogP contribution in [0.15, 0.2) is 12.1 Å². The molecule has 0 bridgehead atoms. The number of benzene rings is 1. The van der Waals surface area contributed by atoms with E-state index in [0.29, 0.717) is 22.8 Å². The van der Waals surface area contributed by atoms with Gasteiger partial charge in [0.25, 0.3) is 0 Å². The number of methoxy groups -OCH3 is 3. The van der Waals surface area contributed by atoms with E-state index in [0.717, 1.165) is 0 Å². The van der Waals surface area contributed by atoms with Gasteiger partial charge in [-0.25, -0.2) is 0 Å². The fraction of sp³-hybridized carbons (Fsp3) is 0.533. The van der Waals surface area contributed by atoms with Crippen molar-refractivity contribution in [1.29, 1.82) is 5.26 Å². The zero-order valence-electron chi connectivity index (χ0n) is 12.9. The van der Waals surface area contributed by atoms with Gasteiger partial charge in [0.15, 0.2) is 17.6 Å². The molecule has 6 heteroatoms.